The number of nitrogens with zero attached hydrogens (tertiary/aromatic N) is 2. The largest absolute Gasteiger partial charge is 0.375 e. The smallest absolute Gasteiger partial charge is 0.246 e. The van der Waals surface area contributed by atoms with Crippen LogP contribution >= 0.6 is 0 Å². The monoisotopic (exact) mass is 380 g/mol. The van der Waals surface area contributed by atoms with Crippen molar-refractivity contribution in [3.63, 3.8) is 0 Å². The summed E-state index contributed by atoms with van der Waals surface area (Å²) >= 11 is 0. The lowest BCUT2D eigenvalue weighted by molar-refractivity contribution is -0.124. The fraction of sp³-hybridized carbons (Fsp3) is 0.286. The van der Waals surface area contributed by atoms with Gasteiger partial charge in [-0.05, 0) is 49.2 Å². The van der Waals surface area contributed by atoms with Gasteiger partial charge in [-0.2, -0.15) is 0 Å². The molecule has 7 nitrogen and oxygen atoms in total. The second kappa shape index (κ2) is 8.67. The predicted octanol–water partition coefficient (Wildman–Crippen LogP) is 2.55. The number of benzene rings is 2. The van der Waals surface area contributed by atoms with Crippen molar-refractivity contribution in [2.45, 2.75) is 26.9 Å². The number of carbonyl (C=O) groups excluding carboxylic acids is 2. The molecule has 0 atom stereocenters. The van der Waals surface area contributed by atoms with E-state index < -0.39 is 0 Å². The normalized spacial score (nSPS) is 10.8. The van der Waals surface area contributed by atoms with Gasteiger partial charge in [0.15, 0.2) is 0 Å². The molecule has 0 aliphatic carbocycles. The number of hydrogen-bond acceptors (Lipinski definition) is 4. The fourth-order valence-electron chi connectivity index (χ4n) is 2.96. The van der Waals surface area contributed by atoms with Gasteiger partial charge in [-0.3, -0.25) is 9.59 Å². The van der Waals surface area contributed by atoms with Crippen LogP contribution in [-0.4, -0.2) is 35.1 Å². The number of anilines is 1. The number of aromatic nitrogens is 2. The summed E-state index contributed by atoms with van der Waals surface area (Å²) < 4.78 is 6.65. The van der Waals surface area contributed by atoms with Crippen LogP contribution in [0.4, 0.5) is 5.69 Å². The van der Waals surface area contributed by atoms with Gasteiger partial charge in [-0.15, -0.1) is 0 Å². The summed E-state index contributed by atoms with van der Waals surface area (Å²) in [6, 6.07) is 13.4. The summed E-state index contributed by atoms with van der Waals surface area (Å²) in [5, 5.41) is 5.69. The Morgan fingerprint density at radius 3 is 2.61 bits per heavy atom. The Kier molecular flexibility index (Phi) is 6.06. The van der Waals surface area contributed by atoms with E-state index in [2.05, 4.69) is 15.6 Å². The number of fused-ring (bicyclic) bond motifs is 1. The summed E-state index contributed by atoms with van der Waals surface area (Å²) in [4.78, 5) is 28.9. The molecule has 0 saturated carbocycles. The molecule has 1 aromatic heterocycles. The number of methoxy groups -OCH3 is 1. The molecule has 3 aromatic rings. The topological polar surface area (TPSA) is 85.2 Å². The zero-order valence-corrected chi connectivity index (χ0v) is 16.3. The van der Waals surface area contributed by atoms with Gasteiger partial charge in [0.1, 0.15) is 19.0 Å². The minimum atomic E-state index is -0.235. The highest BCUT2D eigenvalue weighted by Crippen LogP contribution is 2.18. The van der Waals surface area contributed by atoms with E-state index in [9.17, 15) is 9.59 Å². The molecule has 0 unspecified atom stereocenters. The van der Waals surface area contributed by atoms with E-state index in [0.717, 1.165) is 22.3 Å². The van der Waals surface area contributed by atoms with Crippen molar-refractivity contribution >= 4 is 28.5 Å². The molecule has 2 aromatic carbocycles. The molecule has 0 radical (unpaired) electrons. The molecule has 3 rings (SSSR count). The third-order valence-electron chi connectivity index (χ3n) is 4.55. The highest BCUT2D eigenvalue weighted by molar-refractivity contribution is 5.92. The Hall–Kier alpha value is -3.19. The Morgan fingerprint density at radius 2 is 1.86 bits per heavy atom. The number of amides is 2. The highest BCUT2D eigenvalue weighted by atomic mass is 16.5. The predicted molar refractivity (Wildman–Crippen MR) is 108 cm³/mol. The first-order chi connectivity index (χ1) is 13.5. The Bertz CT molecular complexity index is 1010. The number of aryl methyl sites for hydroxylation is 2. The van der Waals surface area contributed by atoms with Gasteiger partial charge in [-0.25, -0.2) is 4.98 Å². The molecule has 28 heavy (non-hydrogen) atoms. The van der Waals surface area contributed by atoms with Crippen molar-refractivity contribution in [1.82, 2.24) is 14.9 Å². The van der Waals surface area contributed by atoms with Crippen molar-refractivity contribution in [2.75, 3.05) is 19.0 Å². The van der Waals surface area contributed by atoms with Crippen LogP contribution in [0.25, 0.3) is 11.0 Å². The van der Waals surface area contributed by atoms with E-state index in [1.165, 1.54) is 12.7 Å². The molecule has 0 fully saturated rings. The number of ether oxygens (including phenoxy) is 1. The first kappa shape index (κ1) is 19.6. The average molecular weight is 380 g/mol. The summed E-state index contributed by atoms with van der Waals surface area (Å²) in [5.74, 6) is 0.220. The van der Waals surface area contributed by atoms with Gasteiger partial charge < -0.3 is 19.9 Å². The quantitative estimate of drug-likeness (QED) is 0.660. The van der Waals surface area contributed by atoms with E-state index in [-0.39, 0.29) is 31.5 Å². The second-order valence-corrected chi connectivity index (χ2v) is 6.66. The first-order valence-electron chi connectivity index (χ1n) is 9.05. The molecule has 1 heterocycles. The van der Waals surface area contributed by atoms with Crippen LogP contribution in [0, 0.1) is 13.8 Å². The molecule has 0 aliphatic rings. The lowest BCUT2D eigenvalue weighted by atomic mass is 10.1. The Morgan fingerprint density at radius 1 is 1.07 bits per heavy atom. The third-order valence-corrected chi connectivity index (χ3v) is 4.55. The summed E-state index contributed by atoms with van der Waals surface area (Å²) in [6.07, 6.45) is 0. The van der Waals surface area contributed by atoms with Crippen LogP contribution in [0.1, 0.15) is 17.0 Å². The second-order valence-electron chi connectivity index (χ2n) is 6.66. The molecule has 2 amide bonds. The van der Waals surface area contributed by atoms with Gasteiger partial charge >= 0.3 is 0 Å². The van der Waals surface area contributed by atoms with Crippen LogP contribution in [0.2, 0.25) is 0 Å². The van der Waals surface area contributed by atoms with Crippen LogP contribution in [-0.2, 0) is 27.4 Å². The standard InChI is InChI=1S/C21H24N4O3/c1-14-8-9-16(10-15(14)2)23-20(26)12-25-18-7-5-4-6-17(18)24-19(25)11-22-21(27)13-28-3/h4-10H,11-13H2,1-3H3,(H,22,27)(H,23,26). The van der Waals surface area contributed by atoms with E-state index in [1.807, 2.05) is 60.9 Å². The summed E-state index contributed by atoms with van der Waals surface area (Å²) in [5.41, 5.74) is 4.67. The van der Waals surface area contributed by atoms with E-state index in [1.54, 1.807) is 0 Å². The van der Waals surface area contributed by atoms with Gasteiger partial charge in [0.25, 0.3) is 0 Å². The van der Waals surface area contributed by atoms with Crippen LogP contribution < -0.4 is 10.6 Å². The van der Waals surface area contributed by atoms with E-state index in [4.69, 9.17) is 4.74 Å². The molecule has 0 aliphatic heterocycles. The first-order valence-corrected chi connectivity index (χ1v) is 9.05. The number of carbonyl (C=O) groups is 2. The van der Waals surface area contributed by atoms with Crippen molar-refractivity contribution in [2.24, 2.45) is 0 Å². The molecule has 2 N–H and O–H groups in total. The fourth-order valence-corrected chi connectivity index (χ4v) is 2.96. The maximum atomic E-state index is 12.6. The summed E-state index contributed by atoms with van der Waals surface area (Å²) in [6.45, 7) is 4.34. The van der Waals surface area contributed by atoms with Gasteiger partial charge in [0, 0.05) is 12.8 Å². The minimum absolute atomic E-state index is 0.0203. The Labute approximate surface area is 163 Å². The van der Waals surface area contributed by atoms with Crippen LogP contribution in [0.5, 0.6) is 0 Å². The average Bonchev–Trinajstić information content (AvgIpc) is 3.01. The maximum Gasteiger partial charge on any atom is 0.246 e. The molecular weight excluding hydrogens is 356 g/mol. The number of nitrogens with one attached hydrogen (secondary N) is 2. The maximum absolute atomic E-state index is 12.6. The van der Waals surface area contributed by atoms with E-state index in [0.29, 0.717) is 5.82 Å². The van der Waals surface area contributed by atoms with E-state index >= 15 is 0 Å². The lowest BCUT2D eigenvalue weighted by Gasteiger charge is -2.11. The molecule has 7 heteroatoms. The Balaban J connectivity index is 1.79. The van der Waals surface area contributed by atoms with Gasteiger partial charge in [0.05, 0.1) is 17.6 Å². The van der Waals surface area contributed by atoms with Crippen molar-refractivity contribution < 1.29 is 14.3 Å². The molecule has 0 spiro atoms. The van der Waals surface area contributed by atoms with Crippen molar-refractivity contribution in [1.29, 1.82) is 0 Å². The zero-order chi connectivity index (χ0) is 20.1. The molecule has 146 valence electrons. The van der Waals surface area contributed by atoms with Crippen LogP contribution in [0.3, 0.4) is 0 Å². The minimum Gasteiger partial charge on any atom is -0.375 e. The molecule has 0 saturated heterocycles. The lowest BCUT2D eigenvalue weighted by Crippen LogP contribution is -2.29. The zero-order valence-electron chi connectivity index (χ0n) is 16.3. The van der Waals surface area contributed by atoms with Gasteiger partial charge in [0.2, 0.25) is 11.8 Å². The number of imidazole rings is 1. The number of para-hydroxylation sites is 2. The van der Waals surface area contributed by atoms with Crippen LogP contribution in [0.15, 0.2) is 42.5 Å². The molecular formula is C21H24N4O3. The molecule has 0 bridgehead atoms. The summed E-state index contributed by atoms with van der Waals surface area (Å²) in [7, 11) is 1.46. The number of rotatable bonds is 7. The third kappa shape index (κ3) is 4.55. The number of hydrogen-bond donors (Lipinski definition) is 2. The van der Waals surface area contributed by atoms with Crippen molar-refractivity contribution in [3.05, 3.63) is 59.4 Å². The van der Waals surface area contributed by atoms with Gasteiger partial charge in [-0.1, -0.05) is 18.2 Å². The highest BCUT2D eigenvalue weighted by Gasteiger charge is 2.14. The van der Waals surface area contributed by atoms with Crippen molar-refractivity contribution in [3.8, 4) is 0 Å². The SMILES string of the molecule is COCC(=O)NCc1nc2ccccc2n1CC(=O)Nc1ccc(C)c(C)c1.